The van der Waals surface area contributed by atoms with E-state index in [1.54, 1.807) is 6.92 Å². The molecule has 4 aliphatic carbocycles. The van der Waals surface area contributed by atoms with Gasteiger partial charge in [0.2, 0.25) is 12.6 Å². The van der Waals surface area contributed by atoms with Gasteiger partial charge in [0.1, 0.15) is 67.1 Å². The van der Waals surface area contributed by atoms with Gasteiger partial charge in [-0.05, 0) is 125 Å². The van der Waals surface area contributed by atoms with Crippen LogP contribution < -0.4 is 0 Å². The van der Waals surface area contributed by atoms with Crippen molar-refractivity contribution in [3.05, 3.63) is 35.5 Å². The second-order valence-corrected chi connectivity index (χ2v) is 27.4. The van der Waals surface area contributed by atoms with Gasteiger partial charge in [-0.3, -0.25) is 4.79 Å². The van der Waals surface area contributed by atoms with Crippen LogP contribution in [0.2, 0.25) is 0 Å². The van der Waals surface area contributed by atoms with Crippen LogP contribution in [0, 0.1) is 34.0 Å². The van der Waals surface area contributed by atoms with Gasteiger partial charge in [0.15, 0.2) is 42.4 Å². The first-order valence-corrected chi connectivity index (χ1v) is 33.5. The fourth-order valence-corrected chi connectivity index (χ4v) is 14.7. The Labute approximate surface area is 581 Å². The fraction of sp³-hybridized carbons (Fsp3) is 0.889. The first kappa shape index (κ1) is 90.2. The van der Waals surface area contributed by atoms with Crippen LogP contribution in [0.25, 0.3) is 0 Å². The van der Waals surface area contributed by atoms with E-state index in [0.717, 1.165) is 6.08 Å². The summed E-state index contributed by atoms with van der Waals surface area (Å²) in [5, 5.41) is 316. The van der Waals surface area contributed by atoms with Crippen LogP contribution in [-0.2, 0) is 38.0 Å². The summed E-state index contributed by atoms with van der Waals surface area (Å²) < 4.78 is 39.2. The molecule has 0 heterocycles. The number of ether oxygens (including phenoxy) is 7. The molecule has 4 aliphatic rings. The van der Waals surface area contributed by atoms with Crippen LogP contribution in [0.5, 0.6) is 0 Å². The van der Waals surface area contributed by atoms with Gasteiger partial charge in [-0.15, -0.1) is 0 Å². The first-order chi connectivity index (χ1) is 47.3. The van der Waals surface area contributed by atoms with Gasteiger partial charge in [-0.2, -0.15) is 0 Å². The number of esters is 1. The van der Waals surface area contributed by atoms with Crippen LogP contribution in [0.3, 0.4) is 0 Å². The fourth-order valence-electron chi connectivity index (χ4n) is 14.7. The maximum Gasteiger partial charge on any atom is 0.314 e. The predicted octanol–water partition coefficient (Wildman–Crippen LogP) is -9.78. The summed E-state index contributed by atoms with van der Waals surface area (Å²) in [4.78, 5) is 14.9. The predicted molar refractivity (Wildman–Crippen MR) is 335 cm³/mol. The zero-order chi connectivity index (χ0) is 76.4. The molecule has 4 fully saturated rings. The number of carbonyl (C=O) groups excluding carboxylic acids is 1. The topological polar surface area (TPSA) is 689 Å². The molecule has 592 valence electrons. The van der Waals surface area contributed by atoms with Crippen molar-refractivity contribution in [2.45, 2.75) is 264 Å². The summed E-state index contributed by atoms with van der Waals surface area (Å²) in [7, 11) is 0. The molecular formula is C63H112O38. The largest absolute Gasteiger partial charge is 0.506 e. The molecule has 0 radical (unpaired) electrons. The molecule has 2 bridgehead atoms. The summed E-state index contributed by atoms with van der Waals surface area (Å²) in [6.45, 7) is 1.50. The molecule has 30 N–H and O–H groups in total. The molecule has 0 aromatic rings. The average Bonchev–Trinajstić information content (AvgIpc) is 1.61. The van der Waals surface area contributed by atoms with E-state index in [4.69, 9.17) is 43.4 Å². The third kappa shape index (κ3) is 22.4. The third-order valence-electron chi connectivity index (χ3n) is 20.5. The van der Waals surface area contributed by atoms with Crippen LogP contribution in [0.4, 0.5) is 0 Å². The highest BCUT2D eigenvalue weighted by molar-refractivity contribution is 5.77. The molecule has 38 nitrogen and oxygen atoms in total. The van der Waals surface area contributed by atoms with Crippen LogP contribution >= 0.6 is 0 Å². The third-order valence-corrected chi connectivity index (χ3v) is 20.5. The second kappa shape index (κ2) is 40.6. The van der Waals surface area contributed by atoms with E-state index in [1.807, 2.05) is 6.92 Å². The Balaban J connectivity index is 1.72. The summed E-state index contributed by atoms with van der Waals surface area (Å²) in [5.41, 5.74) is -4.30. The normalized spacial score (nSPS) is 30.4. The quantitative estimate of drug-likeness (QED) is 0.0116. The van der Waals surface area contributed by atoms with Crippen LogP contribution in [-0.4, -0.2) is 365 Å². The Kier molecular flexibility index (Phi) is 36.3. The number of fused-ring (bicyclic) bond motifs is 3. The molecule has 0 amide bonds. The highest BCUT2D eigenvalue weighted by atomic mass is 16.7. The van der Waals surface area contributed by atoms with Gasteiger partial charge < -0.3 is 186 Å². The lowest BCUT2D eigenvalue weighted by atomic mass is 9.41. The van der Waals surface area contributed by atoms with Gasteiger partial charge in [0.05, 0.1) is 67.5 Å². The minimum atomic E-state index is -2.84. The molecule has 28 unspecified atom stereocenters. The van der Waals surface area contributed by atoms with Gasteiger partial charge in [0, 0.05) is 45.4 Å². The van der Waals surface area contributed by atoms with Crippen molar-refractivity contribution < 1.29 is 191 Å². The van der Waals surface area contributed by atoms with Crippen molar-refractivity contribution in [1.29, 1.82) is 0 Å². The Bertz CT molecular complexity index is 2520. The zero-order valence-corrected chi connectivity index (χ0v) is 56.3. The second-order valence-electron chi connectivity index (χ2n) is 27.4. The molecule has 0 aromatic carbocycles. The maximum atomic E-state index is 14.9. The molecule has 38 heteroatoms. The van der Waals surface area contributed by atoms with Gasteiger partial charge in [-0.25, -0.2) is 0 Å². The van der Waals surface area contributed by atoms with Crippen molar-refractivity contribution in [3.8, 4) is 0 Å². The maximum absolute atomic E-state index is 14.9. The average molecular weight is 1480 g/mol. The lowest BCUT2D eigenvalue weighted by Gasteiger charge is -2.64. The highest BCUT2D eigenvalue weighted by Crippen LogP contribution is 2.73. The van der Waals surface area contributed by atoms with E-state index in [1.165, 1.54) is 0 Å². The van der Waals surface area contributed by atoms with Crippen molar-refractivity contribution in [3.63, 3.8) is 0 Å². The molecule has 31 atom stereocenters. The number of hydrogen-bond acceptors (Lipinski definition) is 38. The first-order valence-electron chi connectivity index (χ1n) is 33.5. The van der Waals surface area contributed by atoms with E-state index in [-0.39, 0.29) is 44.4 Å². The highest BCUT2D eigenvalue weighted by Gasteiger charge is 2.69. The monoisotopic (exact) mass is 1480 g/mol. The number of carbonyl (C=O) groups is 1. The summed E-state index contributed by atoms with van der Waals surface area (Å²) in [6, 6.07) is 0. The molecule has 1 spiro atoms. The zero-order valence-electron chi connectivity index (χ0n) is 56.3. The summed E-state index contributed by atoms with van der Waals surface area (Å²) >= 11 is 0. The lowest BCUT2D eigenvalue weighted by Crippen LogP contribution is -2.60. The Morgan fingerprint density at radius 2 is 0.980 bits per heavy atom. The molecule has 0 aromatic heterocycles. The van der Waals surface area contributed by atoms with Crippen molar-refractivity contribution in [2.75, 3.05) is 52.9 Å². The minimum Gasteiger partial charge on any atom is -0.506 e. The molecule has 0 saturated heterocycles. The number of aliphatic hydroxyl groups excluding tert-OH is 30. The smallest absolute Gasteiger partial charge is 0.314 e. The molecule has 4 saturated carbocycles. The van der Waals surface area contributed by atoms with Crippen molar-refractivity contribution in [2.24, 2.45) is 34.0 Å². The summed E-state index contributed by atoms with van der Waals surface area (Å²) in [6.07, 6.45) is -55.3. The molecule has 101 heavy (non-hydrogen) atoms. The van der Waals surface area contributed by atoms with E-state index < -0.39 is 296 Å². The molecule has 4 rings (SSSR count). The number of aliphatic hydroxyl groups is 30. The summed E-state index contributed by atoms with van der Waals surface area (Å²) in [5.74, 6) is -7.57. The van der Waals surface area contributed by atoms with E-state index in [2.05, 4.69) is 6.58 Å². The van der Waals surface area contributed by atoms with Crippen molar-refractivity contribution >= 4 is 5.97 Å². The van der Waals surface area contributed by atoms with Crippen LogP contribution in [0.15, 0.2) is 35.5 Å². The van der Waals surface area contributed by atoms with Gasteiger partial charge in [0.25, 0.3) is 6.29 Å². The lowest BCUT2D eigenvalue weighted by molar-refractivity contribution is -0.321. The Hall–Kier alpha value is -3.23. The van der Waals surface area contributed by atoms with E-state index in [9.17, 15) is 148 Å². The van der Waals surface area contributed by atoms with Crippen molar-refractivity contribution in [1.82, 2.24) is 0 Å². The molecular weight excluding hydrogens is 1360 g/mol. The van der Waals surface area contributed by atoms with Gasteiger partial charge >= 0.3 is 5.97 Å². The Morgan fingerprint density at radius 3 is 1.49 bits per heavy atom. The number of rotatable bonds is 48. The van der Waals surface area contributed by atoms with Gasteiger partial charge in [-0.1, -0.05) is 19.9 Å². The van der Waals surface area contributed by atoms with Crippen LogP contribution in [0.1, 0.15) is 110 Å². The molecule has 0 aliphatic heterocycles. The Morgan fingerprint density at radius 1 is 0.495 bits per heavy atom. The minimum absolute atomic E-state index is 0.00518. The van der Waals surface area contributed by atoms with E-state index >= 15 is 0 Å². The standard InChI is InChI=1S/C63H112O38/c1-28-24-62-15-5-38-60(2,13-4-14-61(38,3)59(94)100-52(87)37(97-55(90)47(84)42(79)32(72)9-19-66)23-29(25-69)36(76)26-96-54(89)46(83)41(78)31(71)8-18-65)39(62)6-16-63(28,27-62)101-58(93)51(99-57(92)49(86)44(81)34(74)11-21-68)50(98-56(91)48(85)43(80)33(73)10-20-67)35(75)12-22-95-53(88)45(82)40(77)30(70)7-17-64/h23,29-36,38-42,44-47,49-58,64-93H,1,4-22,24-27H2,2-3H3/b37-23-,48-43+/t29?,30?,31?,32?,33?,34?,35?,36?,38?,39-,40?,41?,42?,44?,45?,46?,47?,49?,50?,51?,52?,53?,54?,55?,56?,57?,58?,60+,61+,62?,63?/m0/s1. The van der Waals surface area contributed by atoms with E-state index in [0.29, 0.717) is 24.8 Å². The SMILES string of the molecule is C=C1CC23CCC4[C@](C)(C(=O)OC(O)/C(=C/C(CO)C(O)COC(O)C(O)C(O)C(O)CCO)OC(O)C(O)C(O)C(O)CCO)CCC[C@@]4(C)[C@@H]2CCC1(OC(O)C(OC(O)C(O)C(O)C(O)CCO)C(OC(O)/C(O)=C(\O)C(O)CCO)C(O)CCOC(O)C(O)C(O)C(O)CCO)C3. The number of hydrogen-bond donors (Lipinski definition) is 30.